The number of nitrogens with two attached hydrogens (primary N) is 1. The van der Waals surface area contributed by atoms with E-state index in [1.54, 1.807) is 12.1 Å². The number of aryl methyl sites for hydroxylation is 1. The van der Waals surface area contributed by atoms with Gasteiger partial charge in [0.15, 0.2) is 5.13 Å². The van der Waals surface area contributed by atoms with Crippen LogP contribution in [0.15, 0.2) is 36.4 Å². The molecule has 2 aromatic carbocycles. The quantitative estimate of drug-likeness (QED) is 0.684. The lowest BCUT2D eigenvalue weighted by atomic mass is 10.0. The van der Waals surface area contributed by atoms with Crippen molar-refractivity contribution in [3.63, 3.8) is 0 Å². The lowest BCUT2D eigenvalue weighted by Gasteiger charge is -2.28. The molecule has 28 heavy (non-hydrogen) atoms. The van der Waals surface area contributed by atoms with Gasteiger partial charge in [-0.3, -0.25) is 9.69 Å². The number of likely N-dealkylation sites (tertiary alicyclic amines) is 1. The molecule has 3 N–H and O–H groups in total. The van der Waals surface area contributed by atoms with Gasteiger partial charge in [0.25, 0.3) is 5.91 Å². The number of nitrogens with zero attached hydrogens (tertiary/aromatic N) is 2. The van der Waals surface area contributed by atoms with Gasteiger partial charge in [-0.15, -0.1) is 0 Å². The summed E-state index contributed by atoms with van der Waals surface area (Å²) >= 11 is 1.37. The van der Waals surface area contributed by atoms with Gasteiger partial charge in [-0.25, -0.2) is 9.37 Å². The highest BCUT2D eigenvalue weighted by Crippen LogP contribution is 2.29. The minimum Gasteiger partial charge on any atom is -0.375 e. The topological polar surface area (TPSA) is 71.2 Å². The molecule has 0 unspecified atom stereocenters. The number of benzene rings is 2. The Morgan fingerprint density at radius 3 is 2.82 bits per heavy atom. The molecule has 5 nitrogen and oxygen atoms in total. The van der Waals surface area contributed by atoms with E-state index in [-0.39, 0.29) is 17.8 Å². The van der Waals surface area contributed by atoms with Crippen molar-refractivity contribution in [2.75, 3.05) is 25.4 Å². The second-order valence-corrected chi connectivity index (χ2v) is 8.24. The number of rotatable bonds is 5. The fourth-order valence-corrected chi connectivity index (χ4v) is 4.72. The molecule has 1 atom stereocenters. The molecule has 1 aliphatic heterocycles. The maximum atomic E-state index is 14.4. The van der Waals surface area contributed by atoms with Gasteiger partial charge in [-0.2, -0.15) is 0 Å². The number of halogens is 1. The summed E-state index contributed by atoms with van der Waals surface area (Å²) in [5.74, 6) is -0.399. The van der Waals surface area contributed by atoms with E-state index in [2.05, 4.69) is 15.2 Å². The number of amides is 1. The number of hydrogen-bond acceptors (Lipinski definition) is 5. The summed E-state index contributed by atoms with van der Waals surface area (Å²) in [6.45, 7) is 4.12. The SMILES string of the molecule is Cc1cc(C(=O)NC[C@@H](c2ccccc2F)N2CCCC2)cc2sc(N)nc12. The molecule has 4 rings (SSSR count). The molecule has 0 saturated carbocycles. The third-order valence-corrected chi connectivity index (χ3v) is 6.10. The third-order valence-electron chi connectivity index (χ3n) is 5.27. The predicted molar refractivity (Wildman–Crippen MR) is 111 cm³/mol. The van der Waals surface area contributed by atoms with Gasteiger partial charge in [0.05, 0.1) is 16.3 Å². The lowest BCUT2D eigenvalue weighted by molar-refractivity contribution is 0.0937. The summed E-state index contributed by atoms with van der Waals surface area (Å²) in [5, 5.41) is 3.50. The number of anilines is 1. The highest BCUT2D eigenvalue weighted by Gasteiger charge is 2.26. The van der Waals surface area contributed by atoms with Gasteiger partial charge in [0.2, 0.25) is 0 Å². The Kier molecular flexibility index (Phi) is 5.28. The highest BCUT2D eigenvalue weighted by molar-refractivity contribution is 7.22. The summed E-state index contributed by atoms with van der Waals surface area (Å²) in [7, 11) is 0. The summed E-state index contributed by atoms with van der Waals surface area (Å²) in [4.78, 5) is 19.4. The average molecular weight is 399 g/mol. The van der Waals surface area contributed by atoms with Gasteiger partial charge in [0, 0.05) is 17.7 Å². The van der Waals surface area contributed by atoms with Crippen LogP contribution in [0.25, 0.3) is 10.2 Å². The molecule has 0 aliphatic carbocycles. The van der Waals surface area contributed by atoms with Crippen molar-refractivity contribution in [1.82, 2.24) is 15.2 Å². The zero-order valence-corrected chi connectivity index (χ0v) is 16.6. The van der Waals surface area contributed by atoms with Crippen molar-refractivity contribution in [2.45, 2.75) is 25.8 Å². The number of carbonyl (C=O) groups is 1. The van der Waals surface area contributed by atoms with Crippen molar-refractivity contribution >= 4 is 32.6 Å². The van der Waals surface area contributed by atoms with E-state index in [1.165, 1.54) is 17.4 Å². The van der Waals surface area contributed by atoms with E-state index in [1.807, 2.05) is 25.1 Å². The van der Waals surface area contributed by atoms with Crippen molar-refractivity contribution in [3.05, 3.63) is 58.9 Å². The van der Waals surface area contributed by atoms with Crippen LogP contribution in [0.4, 0.5) is 9.52 Å². The van der Waals surface area contributed by atoms with Gasteiger partial charge in [-0.1, -0.05) is 29.5 Å². The van der Waals surface area contributed by atoms with Crippen LogP contribution in [0.2, 0.25) is 0 Å². The molecule has 1 saturated heterocycles. The summed E-state index contributed by atoms with van der Waals surface area (Å²) in [6.07, 6.45) is 2.20. The van der Waals surface area contributed by atoms with Crippen molar-refractivity contribution in [3.8, 4) is 0 Å². The molecule has 1 fully saturated rings. The fourth-order valence-electron chi connectivity index (χ4n) is 3.87. The van der Waals surface area contributed by atoms with Crippen LogP contribution in [-0.2, 0) is 0 Å². The Hall–Kier alpha value is -2.51. The van der Waals surface area contributed by atoms with E-state index < -0.39 is 0 Å². The smallest absolute Gasteiger partial charge is 0.251 e. The van der Waals surface area contributed by atoms with Gasteiger partial charge in [-0.05, 0) is 56.6 Å². The number of nitrogens with one attached hydrogen (secondary N) is 1. The molecular formula is C21H23FN4OS. The number of thiazole rings is 1. The van der Waals surface area contributed by atoms with Crippen LogP contribution in [0.5, 0.6) is 0 Å². The normalized spacial score (nSPS) is 15.8. The largest absolute Gasteiger partial charge is 0.375 e. The molecule has 0 bridgehead atoms. The molecule has 0 radical (unpaired) electrons. The Balaban J connectivity index is 1.55. The average Bonchev–Trinajstić information content (AvgIpc) is 3.32. The Labute approximate surface area is 167 Å². The summed E-state index contributed by atoms with van der Waals surface area (Å²) in [5.41, 5.74) is 8.75. The Morgan fingerprint density at radius 2 is 2.07 bits per heavy atom. The first-order valence-corrected chi connectivity index (χ1v) is 10.3. The molecule has 1 aromatic heterocycles. The van der Waals surface area contributed by atoms with Crippen LogP contribution in [-0.4, -0.2) is 35.4 Å². The number of carbonyl (C=O) groups excluding carboxylic acids is 1. The van der Waals surface area contributed by atoms with Crippen LogP contribution in [0.1, 0.15) is 40.4 Å². The summed E-state index contributed by atoms with van der Waals surface area (Å²) < 4.78 is 15.3. The fraction of sp³-hybridized carbons (Fsp3) is 0.333. The van der Waals surface area contributed by atoms with Gasteiger partial charge in [0.1, 0.15) is 5.82 Å². The van der Waals surface area contributed by atoms with Gasteiger partial charge < -0.3 is 11.1 Å². The first-order valence-electron chi connectivity index (χ1n) is 9.46. The number of fused-ring (bicyclic) bond motifs is 1. The van der Waals surface area contributed by atoms with Crippen LogP contribution in [0, 0.1) is 12.7 Å². The third kappa shape index (κ3) is 3.72. The van der Waals surface area contributed by atoms with Crippen LogP contribution >= 0.6 is 11.3 Å². The Bertz CT molecular complexity index is 1010. The van der Waals surface area contributed by atoms with E-state index in [0.717, 1.165) is 41.7 Å². The van der Waals surface area contributed by atoms with E-state index in [9.17, 15) is 9.18 Å². The molecule has 2 heterocycles. The maximum absolute atomic E-state index is 14.4. The summed E-state index contributed by atoms with van der Waals surface area (Å²) in [6, 6.07) is 10.3. The van der Waals surface area contributed by atoms with Crippen molar-refractivity contribution in [1.29, 1.82) is 0 Å². The molecule has 7 heteroatoms. The first-order chi connectivity index (χ1) is 13.5. The van der Waals surface area contributed by atoms with Crippen LogP contribution in [0.3, 0.4) is 0 Å². The van der Waals surface area contributed by atoms with Crippen molar-refractivity contribution in [2.24, 2.45) is 0 Å². The number of hydrogen-bond donors (Lipinski definition) is 2. The molecular weight excluding hydrogens is 375 g/mol. The minimum absolute atomic E-state index is 0.169. The zero-order valence-electron chi connectivity index (χ0n) is 15.7. The zero-order chi connectivity index (χ0) is 19.7. The molecule has 3 aromatic rings. The molecule has 0 spiro atoms. The van der Waals surface area contributed by atoms with Gasteiger partial charge >= 0.3 is 0 Å². The number of nitrogen functional groups attached to an aromatic ring is 1. The van der Waals surface area contributed by atoms with Crippen LogP contribution < -0.4 is 11.1 Å². The lowest BCUT2D eigenvalue weighted by Crippen LogP contribution is -2.37. The number of aromatic nitrogens is 1. The predicted octanol–water partition coefficient (Wildman–Crippen LogP) is 3.89. The monoisotopic (exact) mass is 398 g/mol. The minimum atomic E-state index is -0.231. The first kappa shape index (κ1) is 18.8. The standard InChI is InChI=1S/C21H23FN4OS/c1-13-10-14(11-18-19(13)25-21(23)28-18)20(27)24-12-17(26-8-4-5-9-26)15-6-2-3-7-16(15)22/h2-3,6-7,10-11,17H,4-5,8-9,12H2,1H3,(H2,23,25)(H,24,27)/t17-/m0/s1. The second kappa shape index (κ2) is 7.85. The van der Waals surface area contributed by atoms with Crippen molar-refractivity contribution < 1.29 is 9.18 Å². The molecule has 1 amide bonds. The molecule has 1 aliphatic rings. The van der Waals surface area contributed by atoms with E-state index in [0.29, 0.717) is 22.8 Å². The highest BCUT2D eigenvalue weighted by atomic mass is 32.1. The van der Waals surface area contributed by atoms with E-state index in [4.69, 9.17) is 5.73 Å². The Morgan fingerprint density at radius 1 is 1.32 bits per heavy atom. The maximum Gasteiger partial charge on any atom is 0.251 e. The molecule has 146 valence electrons. The second-order valence-electron chi connectivity index (χ2n) is 7.18. The van der Waals surface area contributed by atoms with E-state index >= 15 is 0 Å².